The van der Waals surface area contributed by atoms with E-state index in [0.29, 0.717) is 32.2 Å². The van der Waals surface area contributed by atoms with Crippen LogP contribution < -0.4 is 5.73 Å². The summed E-state index contributed by atoms with van der Waals surface area (Å²) in [6, 6.07) is 0. The summed E-state index contributed by atoms with van der Waals surface area (Å²) in [5.41, 5.74) is 3.05. The van der Waals surface area contributed by atoms with Crippen molar-refractivity contribution in [1.82, 2.24) is 0 Å². The van der Waals surface area contributed by atoms with Crippen molar-refractivity contribution >= 4 is 12.4 Å². The second kappa shape index (κ2) is 3.07. The molecule has 4 aliphatic rings. The SMILES string of the molecule is Cl.NCC12CC3C[C@@](F)(C1)C[C@](F)(C3)C2. The summed E-state index contributed by atoms with van der Waals surface area (Å²) in [6.07, 6.45) is 3.29. The molecule has 0 aromatic rings. The molecule has 4 aliphatic carbocycles. The van der Waals surface area contributed by atoms with Gasteiger partial charge in [0.05, 0.1) is 0 Å². The first-order chi connectivity index (χ1) is 6.47. The first kappa shape index (κ1) is 11.6. The molecule has 1 nitrogen and oxygen atoms in total. The molecule has 88 valence electrons. The highest BCUT2D eigenvalue weighted by molar-refractivity contribution is 5.85. The first-order valence-electron chi connectivity index (χ1n) is 5.55. The zero-order valence-electron chi connectivity index (χ0n) is 8.77. The first-order valence-corrected chi connectivity index (χ1v) is 5.55. The summed E-state index contributed by atoms with van der Waals surface area (Å²) < 4.78 is 28.5. The van der Waals surface area contributed by atoms with Gasteiger partial charge in [-0.1, -0.05) is 0 Å². The third kappa shape index (κ3) is 1.59. The molecule has 4 fully saturated rings. The molecule has 0 aliphatic heterocycles. The summed E-state index contributed by atoms with van der Waals surface area (Å²) in [6.45, 7) is 0.459. The molecule has 4 atom stereocenters. The Morgan fingerprint density at radius 3 is 1.93 bits per heavy atom. The van der Waals surface area contributed by atoms with Crippen molar-refractivity contribution in [1.29, 1.82) is 0 Å². The highest BCUT2D eigenvalue weighted by Gasteiger charge is 2.64. The van der Waals surface area contributed by atoms with Crippen LogP contribution >= 0.6 is 12.4 Å². The molecule has 0 saturated heterocycles. The molecule has 4 rings (SSSR count). The van der Waals surface area contributed by atoms with Gasteiger partial charge in [0, 0.05) is 6.42 Å². The lowest BCUT2D eigenvalue weighted by molar-refractivity contribution is -0.171. The Morgan fingerprint density at radius 1 is 1.00 bits per heavy atom. The lowest BCUT2D eigenvalue weighted by Gasteiger charge is -2.61. The van der Waals surface area contributed by atoms with Crippen molar-refractivity contribution in [2.45, 2.75) is 49.9 Å². The van der Waals surface area contributed by atoms with Gasteiger partial charge in [0.25, 0.3) is 0 Å². The fraction of sp³-hybridized carbons (Fsp3) is 1.00. The van der Waals surface area contributed by atoms with Gasteiger partial charge < -0.3 is 5.73 Å². The number of rotatable bonds is 1. The Hall–Kier alpha value is 0.110. The molecule has 4 bridgehead atoms. The quantitative estimate of drug-likeness (QED) is 0.746. The van der Waals surface area contributed by atoms with Crippen LogP contribution in [0, 0.1) is 11.3 Å². The largest absolute Gasteiger partial charge is 0.330 e. The Morgan fingerprint density at radius 2 is 1.53 bits per heavy atom. The minimum atomic E-state index is -1.23. The summed E-state index contributed by atoms with van der Waals surface area (Å²) >= 11 is 0. The predicted molar refractivity (Wildman–Crippen MR) is 57.6 cm³/mol. The maximum atomic E-state index is 14.3. The Bertz CT molecular complexity index is 266. The number of hydrogen-bond acceptors (Lipinski definition) is 1. The number of hydrogen-bond donors (Lipinski definition) is 1. The molecule has 0 radical (unpaired) electrons. The van der Waals surface area contributed by atoms with Crippen molar-refractivity contribution in [2.24, 2.45) is 17.1 Å². The van der Waals surface area contributed by atoms with E-state index in [1.165, 1.54) is 0 Å². The maximum absolute atomic E-state index is 14.3. The van der Waals surface area contributed by atoms with E-state index in [9.17, 15) is 8.78 Å². The van der Waals surface area contributed by atoms with Crippen LogP contribution in [0.5, 0.6) is 0 Å². The molecule has 4 heteroatoms. The van der Waals surface area contributed by atoms with Crippen LogP contribution in [0.15, 0.2) is 0 Å². The van der Waals surface area contributed by atoms with Crippen molar-refractivity contribution < 1.29 is 8.78 Å². The van der Waals surface area contributed by atoms with Crippen LogP contribution in [0.4, 0.5) is 8.78 Å². The Balaban J connectivity index is 0.000000853. The summed E-state index contributed by atoms with van der Waals surface area (Å²) in [4.78, 5) is 0. The van der Waals surface area contributed by atoms with Crippen LogP contribution in [-0.4, -0.2) is 17.9 Å². The Labute approximate surface area is 95.2 Å². The maximum Gasteiger partial charge on any atom is 0.115 e. The lowest BCUT2D eigenvalue weighted by atomic mass is 9.47. The number of alkyl halides is 2. The van der Waals surface area contributed by atoms with Crippen LogP contribution in [0.1, 0.15) is 38.5 Å². The van der Waals surface area contributed by atoms with E-state index in [2.05, 4.69) is 0 Å². The molecule has 0 spiro atoms. The van der Waals surface area contributed by atoms with Gasteiger partial charge in [-0.2, -0.15) is 0 Å². The third-order valence-corrected chi connectivity index (χ3v) is 4.48. The third-order valence-electron chi connectivity index (χ3n) is 4.48. The van der Waals surface area contributed by atoms with E-state index in [1.54, 1.807) is 0 Å². The topological polar surface area (TPSA) is 26.0 Å². The van der Waals surface area contributed by atoms with E-state index in [4.69, 9.17) is 5.73 Å². The van der Waals surface area contributed by atoms with Crippen LogP contribution in [0.3, 0.4) is 0 Å². The lowest BCUT2D eigenvalue weighted by Crippen LogP contribution is -2.61. The monoisotopic (exact) mass is 237 g/mol. The highest BCUT2D eigenvalue weighted by Crippen LogP contribution is 2.65. The molecule has 4 saturated carbocycles. The van der Waals surface area contributed by atoms with E-state index in [1.807, 2.05) is 0 Å². The molecule has 0 aromatic carbocycles. The minimum Gasteiger partial charge on any atom is -0.330 e. The molecule has 0 heterocycles. The van der Waals surface area contributed by atoms with Gasteiger partial charge in [-0.25, -0.2) is 8.78 Å². The van der Waals surface area contributed by atoms with Crippen molar-refractivity contribution in [3.63, 3.8) is 0 Å². The highest BCUT2D eigenvalue weighted by atomic mass is 35.5. The normalized spacial score (nSPS) is 56.6. The molecule has 0 amide bonds. The van der Waals surface area contributed by atoms with Gasteiger partial charge in [-0.05, 0) is 50.0 Å². The molecular formula is C11H18ClF2N. The summed E-state index contributed by atoms with van der Waals surface area (Å²) in [5.74, 6) is 0.254. The second-order valence-electron chi connectivity index (χ2n) is 6.01. The van der Waals surface area contributed by atoms with E-state index in [0.717, 1.165) is 6.42 Å². The molecule has 0 aromatic heterocycles. The standard InChI is InChI=1S/C11H17F2N.ClH/c12-10-2-8-1-9(4-10,7-14)5-11(13,3-8)6-10;/h8H,1-7,14H2;1H/t8?,9?,10-,11+;. The molecule has 15 heavy (non-hydrogen) atoms. The van der Waals surface area contributed by atoms with E-state index in [-0.39, 0.29) is 30.2 Å². The van der Waals surface area contributed by atoms with Crippen LogP contribution in [0.25, 0.3) is 0 Å². The van der Waals surface area contributed by atoms with Gasteiger partial charge in [-0.15, -0.1) is 12.4 Å². The zero-order valence-corrected chi connectivity index (χ0v) is 9.59. The van der Waals surface area contributed by atoms with Gasteiger partial charge in [0.2, 0.25) is 0 Å². The Kier molecular flexibility index (Phi) is 2.37. The van der Waals surface area contributed by atoms with E-state index < -0.39 is 11.3 Å². The molecule has 2 unspecified atom stereocenters. The fourth-order valence-electron chi connectivity index (χ4n) is 4.62. The zero-order chi connectivity index (χ0) is 10.0. The average molecular weight is 238 g/mol. The smallest absolute Gasteiger partial charge is 0.115 e. The van der Waals surface area contributed by atoms with Crippen LogP contribution in [0.2, 0.25) is 0 Å². The van der Waals surface area contributed by atoms with Gasteiger partial charge in [-0.3, -0.25) is 0 Å². The van der Waals surface area contributed by atoms with Gasteiger partial charge in [0.1, 0.15) is 11.3 Å². The summed E-state index contributed by atoms with van der Waals surface area (Å²) in [7, 11) is 0. The number of nitrogens with two attached hydrogens (primary N) is 1. The molecule has 2 N–H and O–H groups in total. The average Bonchev–Trinajstić information content (AvgIpc) is 1.97. The van der Waals surface area contributed by atoms with Gasteiger partial charge >= 0.3 is 0 Å². The van der Waals surface area contributed by atoms with Gasteiger partial charge in [0.15, 0.2) is 0 Å². The fourth-order valence-corrected chi connectivity index (χ4v) is 4.62. The van der Waals surface area contributed by atoms with Crippen LogP contribution in [-0.2, 0) is 0 Å². The van der Waals surface area contributed by atoms with Crippen molar-refractivity contribution in [2.75, 3.05) is 6.54 Å². The summed E-state index contributed by atoms with van der Waals surface area (Å²) in [5, 5.41) is 0. The number of halogens is 3. The molecular weight excluding hydrogens is 220 g/mol. The second-order valence-corrected chi connectivity index (χ2v) is 6.01. The predicted octanol–water partition coefficient (Wildman–Crippen LogP) is 2.77. The van der Waals surface area contributed by atoms with E-state index >= 15 is 0 Å². The minimum absolute atomic E-state index is 0. The van der Waals surface area contributed by atoms with Crippen molar-refractivity contribution in [3.05, 3.63) is 0 Å². The van der Waals surface area contributed by atoms with Crippen molar-refractivity contribution in [3.8, 4) is 0 Å².